The van der Waals surface area contributed by atoms with Crippen LogP contribution in [0.15, 0.2) is 35.5 Å². The number of benzene rings is 1. The zero-order valence-electron chi connectivity index (χ0n) is 15.5. The average Bonchev–Trinajstić information content (AvgIpc) is 3.09. The molecule has 1 amide bonds. The summed E-state index contributed by atoms with van der Waals surface area (Å²) in [6.07, 6.45) is -0.550. The molecule has 3 rings (SSSR count). The molecule has 0 saturated carbocycles. The Morgan fingerprint density at radius 2 is 2.00 bits per heavy atom. The highest BCUT2D eigenvalue weighted by Gasteiger charge is 2.17. The maximum absolute atomic E-state index is 11.0. The highest BCUT2D eigenvalue weighted by atomic mass is 32.2. The van der Waals surface area contributed by atoms with E-state index in [1.165, 1.54) is 28.7 Å². The molecule has 0 spiro atoms. The molecule has 1 aromatic carbocycles. The molecule has 2 aromatic heterocycles. The lowest BCUT2D eigenvalue weighted by atomic mass is 10.2. The Morgan fingerprint density at radius 3 is 2.68 bits per heavy atom. The normalized spacial score (nSPS) is 13.2. The number of carbonyl (C=O) groups is 1. The quantitative estimate of drug-likeness (QED) is 0.308. The predicted molar refractivity (Wildman–Crippen MR) is 114 cm³/mol. The van der Waals surface area contributed by atoms with Crippen LogP contribution in [0.25, 0.3) is 10.3 Å². The van der Waals surface area contributed by atoms with Gasteiger partial charge in [-0.25, -0.2) is 9.97 Å². The number of rotatable bonds is 9. The SMILES string of the molecule is CC(O)C(C)Nc1nc(SCc2ccccc2)nc2nc(NCC(N)=O)sc12. The summed E-state index contributed by atoms with van der Waals surface area (Å²) >= 11 is 2.85. The molecule has 3 aromatic rings. The fourth-order valence-electron chi connectivity index (χ4n) is 2.26. The first-order valence-corrected chi connectivity index (χ1v) is 10.5. The summed E-state index contributed by atoms with van der Waals surface area (Å²) in [4.78, 5) is 24.6. The zero-order chi connectivity index (χ0) is 20.1. The lowest BCUT2D eigenvalue weighted by molar-refractivity contribution is -0.116. The van der Waals surface area contributed by atoms with E-state index in [9.17, 15) is 9.90 Å². The van der Waals surface area contributed by atoms with E-state index < -0.39 is 12.0 Å². The minimum absolute atomic E-state index is 0.00426. The minimum atomic E-state index is -0.550. The van der Waals surface area contributed by atoms with E-state index in [0.717, 1.165) is 10.5 Å². The van der Waals surface area contributed by atoms with Crippen molar-refractivity contribution in [2.45, 2.75) is 36.9 Å². The van der Waals surface area contributed by atoms with E-state index in [-0.39, 0.29) is 12.6 Å². The molecule has 0 bridgehead atoms. The molecular weight excluding hydrogens is 396 g/mol. The molecule has 0 radical (unpaired) electrons. The molecule has 0 aliphatic rings. The van der Waals surface area contributed by atoms with E-state index in [4.69, 9.17) is 5.73 Å². The van der Waals surface area contributed by atoms with Crippen molar-refractivity contribution < 1.29 is 9.90 Å². The Bertz CT molecular complexity index is 948. The molecule has 5 N–H and O–H groups in total. The van der Waals surface area contributed by atoms with Gasteiger partial charge in [-0.15, -0.1) is 0 Å². The third kappa shape index (κ3) is 5.31. The number of anilines is 2. The number of hydrogen-bond donors (Lipinski definition) is 4. The summed E-state index contributed by atoms with van der Waals surface area (Å²) < 4.78 is 0.753. The number of nitrogens with two attached hydrogens (primary N) is 1. The van der Waals surface area contributed by atoms with Crippen molar-refractivity contribution >= 4 is 50.3 Å². The maximum atomic E-state index is 11.0. The Morgan fingerprint density at radius 1 is 1.25 bits per heavy atom. The number of amides is 1. The summed E-state index contributed by atoms with van der Waals surface area (Å²) in [5.74, 6) is 0.874. The number of nitrogens with zero attached hydrogens (tertiary/aromatic N) is 3. The van der Waals surface area contributed by atoms with E-state index >= 15 is 0 Å². The predicted octanol–water partition coefficient (Wildman–Crippen LogP) is 2.46. The fraction of sp³-hybridized carbons (Fsp3) is 0.333. The lowest BCUT2D eigenvalue weighted by Crippen LogP contribution is -2.28. The van der Waals surface area contributed by atoms with Crippen molar-refractivity contribution in [1.82, 2.24) is 15.0 Å². The molecule has 2 unspecified atom stereocenters. The van der Waals surface area contributed by atoms with Crippen LogP contribution < -0.4 is 16.4 Å². The summed E-state index contributed by atoms with van der Waals surface area (Å²) in [6.45, 7) is 3.59. The van der Waals surface area contributed by atoms with E-state index in [1.54, 1.807) is 6.92 Å². The van der Waals surface area contributed by atoms with Gasteiger partial charge >= 0.3 is 0 Å². The van der Waals surface area contributed by atoms with Gasteiger partial charge in [0.1, 0.15) is 4.70 Å². The van der Waals surface area contributed by atoms with Gasteiger partial charge in [-0.3, -0.25) is 4.79 Å². The van der Waals surface area contributed by atoms with Crippen LogP contribution in [0.2, 0.25) is 0 Å². The number of aromatic nitrogens is 3. The Balaban J connectivity index is 1.89. The summed E-state index contributed by atoms with van der Waals surface area (Å²) in [7, 11) is 0. The molecule has 0 fully saturated rings. The van der Waals surface area contributed by atoms with Gasteiger partial charge in [0.05, 0.1) is 18.7 Å². The second kappa shape index (κ2) is 9.18. The number of hydrogen-bond acceptors (Lipinski definition) is 9. The van der Waals surface area contributed by atoms with Crippen molar-refractivity contribution in [3.63, 3.8) is 0 Å². The molecule has 148 valence electrons. The molecule has 0 aliphatic carbocycles. The fourth-order valence-corrected chi connectivity index (χ4v) is 3.91. The molecular formula is C18H22N6O2S2. The van der Waals surface area contributed by atoms with Gasteiger partial charge in [-0.1, -0.05) is 53.4 Å². The monoisotopic (exact) mass is 418 g/mol. The topological polar surface area (TPSA) is 126 Å². The average molecular weight is 419 g/mol. The first-order valence-electron chi connectivity index (χ1n) is 8.74. The second-order valence-corrected chi connectivity index (χ2v) is 8.24. The van der Waals surface area contributed by atoms with Crippen LogP contribution in [0, 0.1) is 0 Å². The van der Waals surface area contributed by atoms with Crippen LogP contribution in [0.1, 0.15) is 19.4 Å². The highest BCUT2D eigenvalue weighted by Crippen LogP contribution is 2.33. The number of aliphatic hydroxyl groups is 1. The van der Waals surface area contributed by atoms with Crippen molar-refractivity contribution in [3.05, 3.63) is 35.9 Å². The van der Waals surface area contributed by atoms with Gasteiger partial charge in [-0.2, -0.15) is 4.98 Å². The molecule has 8 nitrogen and oxygen atoms in total. The van der Waals surface area contributed by atoms with Crippen LogP contribution in [0.5, 0.6) is 0 Å². The van der Waals surface area contributed by atoms with Crippen LogP contribution >= 0.6 is 23.1 Å². The molecule has 0 aliphatic heterocycles. The number of nitrogens with one attached hydrogen (secondary N) is 2. The maximum Gasteiger partial charge on any atom is 0.236 e. The number of carbonyl (C=O) groups excluding carboxylic acids is 1. The zero-order valence-corrected chi connectivity index (χ0v) is 17.2. The van der Waals surface area contributed by atoms with Crippen LogP contribution in [0.3, 0.4) is 0 Å². The van der Waals surface area contributed by atoms with Gasteiger partial charge < -0.3 is 21.5 Å². The van der Waals surface area contributed by atoms with Gasteiger partial charge in [0.25, 0.3) is 0 Å². The number of aliphatic hydroxyl groups excluding tert-OH is 1. The number of thiazole rings is 1. The van der Waals surface area contributed by atoms with Crippen molar-refractivity contribution in [2.75, 3.05) is 17.2 Å². The van der Waals surface area contributed by atoms with Crippen LogP contribution in [0.4, 0.5) is 10.9 Å². The molecule has 2 heterocycles. The smallest absolute Gasteiger partial charge is 0.236 e. The Kier molecular flexibility index (Phi) is 6.65. The molecule has 2 atom stereocenters. The lowest BCUT2D eigenvalue weighted by Gasteiger charge is -2.17. The van der Waals surface area contributed by atoms with Crippen LogP contribution in [-0.2, 0) is 10.5 Å². The summed E-state index contributed by atoms with van der Waals surface area (Å²) in [5.41, 5.74) is 6.89. The molecule has 10 heteroatoms. The van der Waals surface area contributed by atoms with Crippen molar-refractivity contribution in [2.24, 2.45) is 5.73 Å². The van der Waals surface area contributed by atoms with Gasteiger partial charge in [0.15, 0.2) is 21.8 Å². The van der Waals surface area contributed by atoms with Gasteiger partial charge in [-0.05, 0) is 19.4 Å². The number of fused-ring (bicyclic) bond motifs is 1. The Hall–Kier alpha value is -2.43. The second-order valence-electron chi connectivity index (χ2n) is 6.29. The van der Waals surface area contributed by atoms with Crippen molar-refractivity contribution in [3.8, 4) is 0 Å². The van der Waals surface area contributed by atoms with E-state index in [0.29, 0.717) is 21.8 Å². The molecule has 0 saturated heterocycles. The summed E-state index contributed by atoms with van der Waals surface area (Å²) in [5, 5.41) is 17.1. The standard InChI is InChI=1S/C18H22N6O2S2/c1-10(11(2)25)21-15-14-16(22-17(28-14)20-8-13(19)26)24-18(23-15)27-9-12-6-4-3-5-7-12/h3-7,10-11,25H,8-9H2,1-2H3,(H2,19,26)(H2,20,21,22,23,24). The van der Waals surface area contributed by atoms with E-state index in [2.05, 4.69) is 37.7 Å². The number of thioether (sulfide) groups is 1. The third-order valence-electron chi connectivity index (χ3n) is 3.95. The van der Waals surface area contributed by atoms with Gasteiger partial charge in [0.2, 0.25) is 5.91 Å². The largest absolute Gasteiger partial charge is 0.391 e. The molecule has 28 heavy (non-hydrogen) atoms. The third-order valence-corrected chi connectivity index (χ3v) is 5.87. The highest BCUT2D eigenvalue weighted by molar-refractivity contribution is 7.98. The van der Waals surface area contributed by atoms with Crippen molar-refractivity contribution in [1.29, 1.82) is 0 Å². The number of primary amides is 1. The first kappa shape index (κ1) is 20.3. The first-order chi connectivity index (χ1) is 13.4. The van der Waals surface area contributed by atoms with E-state index in [1.807, 2.05) is 25.1 Å². The van der Waals surface area contributed by atoms with Gasteiger partial charge in [0, 0.05) is 5.75 Å². The minimum Gasteiger partial charge on any atom is -0.391 e. The van der Waals surface area contributed by atoms with Crippen LogP contribution in [-0.4, -0.2) is 44.7 Å². The Labute approximate surface area is 171 Å². The summed E-state index contributed by atoms with van der Waals surface area (Å²) in [6, 6.07) is 9.87.